The van der Waals surface area contributed by atoms with Gasteiger partial charge in [0.15, 0.2) is 0 Å². The second-order valence-corrected chi connectivity index (χ2v) is 20.1. The SMILES string of the molecule is CCCCCCC(CCCC)CN1C(=O)/C(=C/c2cc(C)c(-c3sc(/C=C4\SC(=S)N(CC(CCCC)CCCCCC)C4=O)cc3C)s2)SC1=S. The van der Waals surface area contributed by atoms with E-state index in [1.54, 1.807) is 22.7 Å². The van der Waals surface area contributed by atoms with Crippen LogP contribution in [0.2, 0.25) is 0 Å². The van der Waals surface area contributed by atoms with Gasteiger partial charge in [0.2, 0.25) is 0 Å². The molecule has 2 atom stereocenters. The predicted octanol–water partition coefficient (Wildman–Crippen LogP) is 14.0. The fraction of sp³-hybridized carbons (Fsp3) is 0.619. The fourth-order valence-electron chi connectivity index (χ4n) is 7.06. The van der Waals surface area contributed by atoms with Gasteiger partial charge in [-0.3, -0.25) is 19.4 Å². The molecule has 0 spiro atoms. The average Bonchev–Trinajstić information content (AvgIpc) is 3.82. The highest BCUT2D eigenvalue weighted by Crippen LogP contribution is 2.43. The zero-order chi connectivity index (χ0) is 37.6. The number of carbonyl (C=O) groups excluding carboxylic acids is 2. The summed E-state index contributed by atoms with van der Waals surface area (Å²) >= 11 is 17.9. The monoisotopic (exact) mass is 816 g/mol. The lowest BCUT2D eigenvalue weighted by molar-refractivity contribution is -0.123. The Morgan fingerprint density at radius 1 is 0.577 bits per heavy atom. The highest BCUT2D eigenvalue weighted by atomic mass is 32.2. The third kappa shape index (κ3) is 12.4. The van der Waals surface area contributed by atoms with Crippen LogP contribution in [0, 0.1) is 25.7 Å². The first-order valence-electron chi connectivity index (χ1n) is 19.8. The summed E-state index contributed by atoms with van der Waals surface area (Å²) in [6, 6.07) is 4.37. The lowest BCUT2D eigenvalue weighted by atomic mass is 9.94. The fourth-order valence-corrected chi connectivity index (χ4v) is 12.2. The molecule has 2 aromatic rings. The van der Waals surface area contributed by atoms with E-state index in [1.807, 2.05) is 22.0 Å². The highest BCUT2D eigenvalue weighted by Gasteiger charge is 2.35. The van der Waals surface area contributed by atoms with Crippen molar-refractivity contribution < 1.29 is 9.59 Å². The van der Waals surface area contributed by atoms with Crippen LogP contribution in [0.5, 0.6) is 0 Å². The number of thioether (sulfide) groups is 2. The van der Waals surface area contributed by atoms with Crippen molar-refractivity contribution in [3.8, 4) is 9.75 Å². The molecule has 286 valence electrons. The molecule has 2 fully saturated rings. The third-order valence-electron chi connectivity index (χ3n) is 10.1. The van der Waals surface area contributed by atoms with Gasteiger partial charge in [0.05, 0.1) is 9.81 Å². The molecule has 0 aliphatic carbocycles. The predicted molar refractivity (Wildman–Crippen MR) is 240 cm³/mol. The summed E-state index contributed by atoms with van der Waals surface area (Å²) in [5.41, 5.74) is 2.39. The molecule has 2 aliphatic rings. The number of hydrogen-bond acceptors (Lipinski definition) is 8. The molecular formula is C42H60N2O2S6. The zero-order valence-electron chi connectivity index (χ0n) is 32.4. The van der Waals surface area contributed by atoms with Crippen LogP contribution in [-0.4, -0.2) is 43.3 Å². The molecule has 2 amide bonds. The molecule has 0 bridgehead atoms. The second kappa shape index (κ2) is 22.3. The number of rotatable bonds is 23. The lowest BCUT2D eigenvalue weighted by Gasteiger charge is -2.23. The molecule has 0 aromatic carbocycles. The van der Waals surface area contributed by atoms with Crippen molar-refractivity contribution in [3.05, 3.63) is 42.8 Å². The third-order valence-corrected chi connectivity index (χ3v) is 15.4. The molecule has 2 aromatic heterocycles. The molecule has 0 radical (unpaired) electrons. The summed E-state index contributed by atoms with van der Waals surface area (Å²) in [5, 5.41) is 0. The van der Waals surface area contributed by atoms with Crippen molar-refractivity contribution in [3.63, 3.8) is 0 Å². The smallest absolute Gasteiger partial charge is 0.266 e. The van der Waals surface area contributed by atoms with E-state index in [4.69, 9.17) is 24.4 Å². The second-order valence-electron chi connectivity index (χ2n) is 14.6. The number of aryl methyl sites for hydroxylation is 2. The maximum Gasteiger partial charge on any atom is 0.266 e. The molecule has 4 rings (SSSR count). The lowest BCUT2D eigenvalue weighted by Crippen LogP contribution is -2.33. The largest absolute Gasteiger partial charge is 0.293 e. The van der Waals surface area contributed by atoms with Crippen LogP contribution in [-0.2, 0) is 9.59 Å². The average molecular weight is 817 g/mol. The van der Waals surface area contributed by atoms with Crippen molar-refractivity contribution >= 4 is 103 Å². The summed E-state index contributed by atoms with van der Waals surface area (Å²) in [4.78, 5) is 37.0. The normalized spacial score (nSPS) is 17.9. The van der Waals surface area contributed by atoms with E-state index in [0.29, 0.717) is 20.5 Å². The van der Waals surface area contributed by atoms with Crippen LogP contribution in [0.3, 0.4) is 0 Å². The van der Waals surface area contributed by atoms with Gasteiger partial charge < -0.3 is 0 Å². The minimum atomic E-state index is 0.0535. The summed E-state index contributed by atoms with van der Waals surface area (Å²) in [5.74, 6) is 1.11. The van der Waals surface area contributed by atoms with Gasteiger partial charge in [-0.1, -0.05) is 153 Å². The molecule has 4 heterocycles. The number of carbonyl (C=O) groups is 2. The Labute approximate surface area is 342 Å². The Morgan fingerprint density at radius 2 is 0.942 bits per heavy atom. The van der Waals surface area contributed by atoms with Crippen LogP contribution in [0.1, 0.15) is 151 Å². The van der Waals surface area contributed by atoms with E-state index in [9.17, 15) is 9.59 Å². The minimum absolute atomic E-state index is 0.0535. The number of amides is 2. The van der Waals surface area contributed by atoms with E-state index in [1.165, 1.54) is 134 Å². The van der Waals surface area contributed by atoms with Gasteiger partial charge in [-0.25, -0.2) is 0 Å². The Hall–Kier alpha value is -1.30. The van der Waals surface area contributed by atoms with Gasteiger partial charge in [0, 0.05) is 32.6 Å². The first kappa shape index (κ1) is 43.4. The molecular weight excluding hydrogens is 757 g/mol. The number of hydrogen-bond donors (Lipinski definition) is 0. The highest BCUT2D eigenvalue weighted by molar-refractivity contribution is 8.27. The standard InChI is InChI=1S/C42H60N2O2S6/c1-7-11-15-17-21-31(19-13-9-3)27-43-39(45)35(51-41(43)47)25-33-23-29(5)37(49-33)38-30(6)24-34(50-38)26-36-40(46)44(42(48)52-36)28-32(20-14-10-4)22-18-16-12-8-2/h23-26,31-32H,7-22,27-28H2,1-6H3/b35-25-,36-26-. The van der Waals surface area contributed by atoms with E-state index < -0.39 is 0 Å². The van der Waals surface area contributed by atoms with E-state index >= 15 is 0 Å². The van der Waals surface area contributed by atoms with Gasteiger partial charge >= 0.3 is 0 Å². The maximum atomic E-state index is 13.6. The molecule has 0 saturated carbocycles. The molecule has 52 heavy (non-hydrogen) atoms. The number of thiophene rings is 2. The Kier molecular flexibility index (Phi) is 18.6. The van der Waals surface area contributed by atoms with Crippen molar-refractivity contribution in [1.82, 2.24) is 9.80 Å². The quantitative estimate of drug-likeness (QED) is 0.0632. The molecule has 2 aliphatic heterocycles. The van der Waals surface area contributed by atoms with Gasteiger partial charge in [0.25, 0.3) is 11.8 Å². The van der Waals surface area contributed by atoms with Gasteiger partial charge in [-0.15, -0.1) is 22.7 Å². The number of nitrogens with zero attached hydrogens (tertiary/aromatic N) is 2. The summed E-state index contributed by atoms with van der Waals surface area (Å²) < 4.78 is 1.37. The van der Waals surface area contributed by atoms with Crippen molar-refractivity contribution in [2.24, 2.45) is 11.8 Å². The zero-order valence-corrected chi connectivity index (χ0v) is 37.3. The molecule has 2 unspecified atom stereocenters. The van der Waals surface area contributed by atoms with Gasteiger partial charge in [-0.2, -0.15) is 0 Å². The van der Waals surface area contributed by atoms with E-state index in [-0.39, 0.29) is 11.8 Å². The summed E-state index contributed by atoms with van der Waals surface area (Å²) in [6.45, 7) is 14.7. The topological polar surface area (TPSA) is 40.6 Å². The molecule has 2 saturated heterocycles. The van der Waals surface area contributed by atoms with Crippen LogP contribution in [0.25, 0.3) is 21.9 Å². The van der Waals surface area contributed by atoms with Crippen molar-refractivity contribution in [1.29, 1.82) is 0 Å². The first-order valence-corrected chi connectivity index (χ1v) is 23.9. The van der Waals surface area contributed by atoms with Crippen LogP contribution in [0.15, 0.2) is 21.9 Å². The van der Waals surface area contributed by atoms with Crippen molar-refractivity contribution in [2.75, 3.05) is 13.1 Å². The Morgan fingerprint density at radius 3 is 1.31 bits per heavy atom. The van der Waals surface area contributed by atoms with Crippen molar-refractivity contribution in [2.45, 2.75) is 144 Å². The molecule has 0 N–H and O–H groups in total. The van der Waals surface area contributed by atoms with Gasteiger partial charge in [0.1, 0.15) is 8.64 Å². The van der Waals surface area contributed by atoms with Crippen LogP contribution in [0.4, 0.5) is 0 Å². The van der Waals surface area contributed by atoms with E-state index in [2.05, 4.69) is 53.7 Å². The van der Waals surface area contributed by atoms with Crippen LogP contribution < -0.4 is 0 Å². The first-order chi connectivity index (χ1) is 25.1. The minimum Gasteiger partial charge on any atom is -0.293 e. The maximum absolute atomic E-state index is 13.6. The summed E-state index contributed by atoms with van der Waals surface area (Å²) in [6.07, 6.45) is 23.5. The number of thiocarbonyl (C=S) groups is 2. The summed E-state index contributed by atoms with van der Waals surface area (Å²) in [7, 11) is 0. The Bertz CT molecular complexity index is 1470. The van der Waals surface area contributed by atoms with Crippen LogP contribution >= 0.6 is 70.6 Å². The van der Waals surface area contributed by atoms with E-state index in [0.717, 1.165) is 45.5 Å². The van der Waals surface area contributed by atoms with Gasteiger partial charge in [-0.05, 0) is 86.8 Å². The molecule has 4 nitrogen and oxygen atoms in total. The number of unbranched alkanes of at least 4 members (excludes halogenated alkanes) is 8. The Balaban J connectivity index is 1.45. The molecule has 10 heteroatoms.